The molecule has 0 aliphatic carbocycles. The first-order valence-corrected chi connectivity index (χ1v) is 10.4. The van der Waals surface area contributed by atoms with E-state index in [-0.39, 0.29) is 31.1 Å². The molecule has 0 aliphatic heterocycles. The van der Waals surface area contributed by atoms with E-state index in [9.17, 15) is 0 Å². The molecule has 2 N–H and O–H groups in total. The third kappa shape index (κ3) is 24.0. The normalized spacial score (nSPS) is 9.36. The summed E-state index contributed by atoms with van der Waals surface area (Å²) < 4.78 is 0. The molecule has 0 aromatic heterocycles. The van der Waals surface area contributed by atoms with Crippen LogP contribution in [0.5, 0.6) is 0 Å². The average Bonchev–Trinajstić information content (AvgIpc) is 2.70. The van der Waals surface area contributed by atoms with Crippen LogP contribution in [0.25, 0.3) is 0 Å². The summed E-state index contributed by atoms with van der Waals surface area (Å²) in [5, 5.41) is 17.7. The molecule has 164 valence electrons. The number of unbranched alkanes of at least 4 members (excludes halogenated alkanes) is 4. The molecule has 1 aromatic rings. The largest absolute Gasteiger partial charge is 0.396 e. The quantitative estimate of drug-likeness (QED) is 0.177. The Balaban J connectivity index is -0.000000473. The van der Waals surface area contributed by atoms with Gasteiger partial charge in [-0.25, -0.2) is 0 Å². The Hall–Kier alpha value is -0.0881. The predicted octanol–water partition coefficient (Wildman–Crippen LogP) is 5.31. The van der Waals surface area contributed by atoms with Crippen molar-refractivity contribution in [1.82, 2.24) is 0 Å². The van der Waals surface area contributed by atoms with E-state index in [2.05, 4.69) is 33.8 Å². The van der Waals surface area contributed by atoms with E-state index in [1.54, 1.807) is 0 Å². The monoisotopic (exact) mass is 622 g/mol. The molecule has 0 heterocycles. The van der Waals surface area contributed by atoms with Gasteiger partial charge in [-0.05, 0) is 31.4 Å². The molecule has 6 heteroatoms. The number of hydrogen-bond donors (Lipinski definition) is 2. The summed E-state index contributed by atoms with van der Waals surface area (Å²) in [5.74, 6) is 0. The molecular formula is C22H42NO4U-. The van der Waals surface area contributed by atoms with Gasteiger partial charge >= 0.3 is 0 Å². The van der Waals surface area contributed by atoms with E-state index >= 15 is 0 Å². The zero-order chi connectivity index (χ0) is 20.6. The second kappa shape index (κ2) is 29.1. The van der Waals surface area contributed by atoms with Gasteiger partial charge in [0.25, 0.3) is 0 Å². The number of anilines is 1. The van der Waals surface area contributed by atoms with E-state index in [1.165, 1.54) is 5.23 Å². The maximum atomic E-state index is 8.07. The summed E-state index contributed by atoms with van der Waals surface area (Å²) in [6.45, 7) is 10.4. The van der Waals surface area contributed by atoms with Crippen molar-refractivity contribution >= 4 is 5.69 Å². The first kappa shape index (κ1) is 32.6. The Kier molecular flexibility index (Phi) is 33.9. The molecule has 0 aliphatic rings. The van der Waals surface area contributed by atoms with Crippen LogP contribution in [0.4, 0.5) is 5.69 Å². The SMILES string of the molecule is CCCCO.CCCCO.CCCCON(OCCCC)c1cc[c-]cc1.[U]. The van der Waals surface area contributed by atoms with Gasteiger partial charge in [0, 0.05) is 44.3 Å². The van der Waals surface area contributed by atoms with E-state index < -0.39 is 0 Å². The molecule has 5 nitrogen and oxygen atoms in total. The van der Waals surface area contributed by atoms with Crippen molar-refractivity contribution < 1.29 is 51.0 Å². The Bertz CT molecular complexity index is 349. The zero-order valence-corrected chi connectivity index (χ0v) is 22.6. The number of rotatable bonds is 13. The fourth-order valence-corrected chi connectivity index (χ4v) is 1.59. The van der Waals surface area contributed by atoms with Crippen LogP contribution < -0.4 is 5.23 Å². The van der Waals surface area contributed by atoms with Gasteiger partial charge in [-0.15, -0.1) is 12.1 Å². The van der Waals surface area contributed by atoms with Crippen molar-refractivity contribution in [2.24, 2.45) is 0 Å². The van der Waals surface area contributed by atoms with Crippen LogP contribution in [0.1, 0.15) is 79.1 Å². The molecule has 0 amide bonds. The molecule has 0 atom stereocenters. The summed E-state index contributed by atoms with van der Waals surface area (Å²) in [6.07, 6.45) is 8.38. The molecular weight excluding hydrogens is 580 g/mol. The second-order valence-electron chi connectivity index (χ2n) is 6.04. The van der Waals surface area contributed by atoms with Gasteiger partial charge in [0.1, 0.15) is 0 Å². The van der Waals surface area contributed by atoms with Crippen molar-refractivity contribution in [1.29, 1.82) is 0 Å². The minimum atomic E-state index is 0. The van der Waals surface area contributed by atoms with Gasteiger partial charge in [0.15, 0.2) is 0 Å². The van der Waals surface area contributed by atoms with Crippen LogP contribution in [-0.4, -0.2) is 36.6 Å². The Labute approximate surface area is 197 Å². The molecule has 0 fully saturated rings. The van der Waals surface area contributed by atoms with Crippen LogP contribution >= 0.6 is 0 Å². The molecule has 1 aromatic carbocycles. The summed E-state index contributed by atoms with van der Waals surface area (Å²) in [6, 6.07) is 10.6. The van der Waals surface area contributed by atoms with Crippen LogP contribution in [0, 0.1) is 37.2 Å². The maximum Gasteiger partial charge on any atom is 0.0774 e. The van der Waals surface area contributed by atoms with Crippen molar-refractivity contribution in [2.75, 3.05) is 31.7 Å². The van der Waals surface area contributed by atoms with E-state index in [0.717, 1.165) is 57.1 Å². The van der Waals surface area contributed by atoms with Crippen LogP contribution in [0.15, 0.2) is 24.3 Å². The van der Waals surface area contributed by atoms with Gasteiger partial charge in [-0.3, -0.25) is 9.68 Å². The maximum absolute atomic E-state index is 8.07. The molecule has 0 saturated carbocycles. The number of benzene rings is 1. The fraction of sp³-hybridized carbons (Fsp3) is 0.727. The van der Waals surface area contributed by atoms with Crippen molar-refractivity contribution in [2.45, 2.75) is 79.1 Å². The van der Waals surface area contributed by atoms with E-state index in [1.807, 2.05) is 24.3 Å². The number of aliphatic hydroxyl groups is 2. The predicted molar refractivity (Wildman–Crippen MR) is 113 cm³/mol. The minimum absolute atomic E-state index is 0. The topological polar surface area (TPSA) is 62.2 Å². The molecule has 1 rings (SSSR count). The first-order valence-electron chi connectivity index (χ1n) is 10.4. The second-order valence-corrected chi connectivity index (χ2v) is 6.04. The van der Waals surface area contributed by atoms with Crippen molar-refractivity contribution in [3.63, 3.8) is 0 Å². The Morgan fingerprint density at radius 2 is 1.14 bits per heavy atom. The Morgan fingerprint density at radius 3 is 1.43 bits per heavy atom. The molecule has 28 heavy (non-hydrogen) atoms. The molecule has 0 bridgehead atoms. The minimum Gasteiger partial charge on any atom is -0.396 e. The van der Waals surface area contributed by atoms with E-state index in [0.29, 0.717) is 26.4 Å². The molecule has 0 radical (unpaired) electrons. The fourth-order valence-electron chi connectivity index (χ4n) is 1.59. The van der Waals surface area contributed by atoms with Gasteiger partial charge in [-0.1, -0.05) is 53.4 Å². The summed E-state index contributed by atoms with van der Waals surface area (Å²) >= 11 is 0. The molecule has 0 unspecified atom stereocenters. The van der Waals surface area contributed by atoms with Crippen molar-refractivity contribution in [3.8, 4) is 0 Å². The third-order valence-corrected chi connectivity index (χ3v) is 3.35. The van der Waals surface area contributed by atoms with E-state index in [4.69, 9.17) is 19.9 Å². The number of aliphatic hydroxyl groups excluding tert-OH is 2. The van der Waals surface area contributed by atoms with Gasteiger partial charge in [-0.2, -0.15) is 23.4 Å². The standard InChI is InChI=1S/C14H22NO2.2C4H10O.U/c1-3-5-12-16-15(17-13-6-4-2)14-10-8-7-9-11-14;2*1-2-3-4-5;/h8-11H,3-6,12-13H2,1-2H3;2*5H,2-4H2,1H3;/q-1;;;. The smallest absolute Gasteiger partial charge is 0.0774 e. The summed E-state index contributed by atoms with van der Waals surface area (Å²) in [5.41, 5.74) is 0.913. The zero-order valence-electron chi connectivity index (χ0n) is 18.5. The van der Waals surface area contributed by atoms with Crippen LogP contribution in [0.3, 0.4) is 0 Å². The summed E-state index contributed by atoms with van der Waals surface area (Å²) in [4.78, 5) is 11.2. The van der Waals surface area contributed by atoms with Crippen LogP contribution in [0.2, 0.25) is 0 Å². The van der Waals surface area contributed by atoms with Crippen molar-refractivity contribution in [3.05, 3.63) is 30.3 Å². The summed E-state index contributed by atoms with van der Waals surface area (Å²) in [7, 11) is 0. The van der Waals surface area contributed by atoms with Gasteiger partial charge < -0.3 is 10.2 Å². The molecule has 0 saturated heterocycles. The molecule has 0 spiro atoms. The first-order chi connectivity index (χ1) is 13.2. The van der Waals surface area contributed by atoms with Gasteiger partial charge in [0.2, 0.25) is 0 Å². The Morgan fingerprint density at radius 1 is 0.750 bits per heavy atom. The van der Waals surface area contributed by atoms with Crippen LogP contribution in [-0.2, 0) is 9.68 Å². The number of hydrogen-bond acceptors (Lipinski definition) is 5. The third-order valence-electron chi connectivity index (χ3n) is 3.35. The van der Waals surface area contributed by atoms with Gasteiger partial charge in [0.05, 0.1) is 13.2 Å². The number of nitrogens with zero attached hydrogens (tertiary/aromatic N) is 1. The average molecular weight is 623 g/mol.